The van der Waals surface area contributed by atoms with Crippen LogP contribution in [-0.2, 0) is 13.1 Å². The minimum Gasteiger partial charge on any atom is -0.313 e. The molecule has 0 bridgehead atoms. The van der Waals surface area contributed by atoms with E-state index in [9.17, 15) is 0 Å². The van der Waals surface area contributed by atoms with E-state index in [2.05, 4.69) is 54.7 Å². The van der Waals surface area contributed by atoms with Crippen molar-refractivity contribution < 1.29 is 0 Å². The molecule has 3 heteroatoms. The van der Waals surface area contributed by atoms with Gasteiger partial charge in [0.2, 0.25) is 0 Å². The highest BCUT2D eigenvalue weighted by Crippen LogP contribution is 2.23. The zero-order valence-corrected chi connectivity index (χ0v) is 11.2. The summed E-state index contributed by atoms with van der Waals surface area (Å²) < 4.78 is 1.96. The average molecular weight is 243 g/mol. The van der Waals surface area contributed by atoms with E-state index >= 15 is 0 Å². The summed E-state index contributed by atoms with van der Waals surface area (Å²) in [5.41, 5.74) is 3.81. The summed E-state index contributed by atoms with van der Waals surface area (Å²) in [6, 6.07) is 8.53. The van der Waals surface area contributed by atoms with Gasteiger partial charge in [-0.2, -0.15) is 5.10 Å². The van der Waals surface area contributed by atoms with Crippen LogP contribution in [-0.4, -0.2) is 16.3 Å². The molecular weight excluding hydrogens is 222 g/mol. The van der Waals surface area contributed by atoms with E-state index in [0.29, 0.717) is 0 Å². The van der Waals surface area contributed by atoms with E-state index in [1.165, 1.54) is 16.7 Å². The summed E-state index contributed by atoms with van der Waals surface area (Å²) in [7, 11) is 0. The molecule has 0 unspecified atom stereocenters. The first-order valence-electron chi connectivity index (χ1n) is 6.66. The first-order valence-corrected chi connectivity index (χ1v) is 6.66. The van der Waals surface area contributed by atoms with Gasteiger partial charge in [0, 0.05) is 24.8 Å². The summed E-state index contributed by atoms with van der Waals surface area (Å²) in [5, 5.41) is 7.80. The smallest absolute Gasteiger partial charge is 0.0568 e. The molecule has 96 valence electrons. The van der Waals surface area contributed by atoms with Crippen molar-refractivity contribution in [3.05, 3.63) is 42.2 Å². The minimum atomic E-state index is 0.913. The number of nitrogens with zero attached hydrogens (tertiary/aromatic N) is 2. The van der Waals surface area contributed by atoms with Gasteiger partial charge in [0.05, 0.1) is 6.20 Å². The van der Waals surface area contributed by atoms with Crippen molar-refractivity contribution in [3.63, 3.8) is 0 Å². The van der Waals surface area contributed by atoms with Crippen LogP contribution < -0.4 is 5.32 Å². The van der Waals surface area contributed by atoms with Crippen LogP contribution in [0.15, 0.2) is 36.7 Å². The first-order chi connectivity index (χ1) is 8.85. The van der Waals surface area contributed by atoms with Crippen LogP contribution in [0.25, 0.3) is 11.1 Å². The summed E-state index contributed by atoms with van der Waals surface area (Å²) >= 11 is 0. The van der Waals surface area contributed by atoms with Crippen molar-refractivity contribution in [2.45, 2.75) is 33.4 Å². The maximum atomic E-state index is 4.34. The number of hydrogen-bond donors (Lipinski definition) is 1. The fraction of sp³-hybridized carbons (Fsp3) is 0.400. The van der Waals surface area contributed by atoms with Crippen molar-refractivity contribution >= 4 is 0 Å². The van der Waals surface area contributed by atoms with Crippen molar-refractivity contribution in [1.29, 1.82) is 0 Å². The molecule has 0 aliphatic carbocycles. The summed E-state index contributed by atoms with van der Waals surface area (Å²) in [6.07, 6.45) is 5.22. The zero-order valence-electron chi connectivity index (χ0n) is 11.2. The van der Waals surface area contributed by atoms with E-state index in [0.717, 1.165) is 26.1 Å². The molecule has 0 saturated heterocycles. The molecule has 0 radical (unpaired) electrons. The largest absolute Gasteiger partial charge is 0.313 e. The van der Waals surface area contributed by atoms with Crippen molar-refractivity contribution in [3.8, 4) is 11.1 Å². The molecule has 1 aromatic heterocycles. The Morgan fingerprint density at radius 2 is 2.06 bits per heavy atom. The Morgan fingerprint density at radius 1 is 1.22 bits per heavy atom. The number of aryl methyl sites for hydroxylation is 1. The molecule has 0 aliphatic rings. The summed E-state index contributed by atoms with van der Waals surface area (Å²) in [6.45, 7) is 7.18. The van der Waals surface area contributed by atoms with Crippen molar-refractivity contribution in [2.24, 2.45) is 0 Å². The second-order valence-corrected chi connectivity index (χ2v) is 4.42. The normalized spacial score (nSPS) is 10.8. The molecule has 0 aliphatic heterocycles. The quantitative estimate of drug-likeness (QED) is 0.790. The Morgan fingerprint density at radius 3 is 2.78 bits per heavy atom. The van der Waals surface area contributed by atoms with Gasteiger partial charge in [-0.1, -0.05) is 31.2 Å². The maximum absolute atomic E-state index is 4.34. The van der Waals surface area contributed by atoms with Gasteiger partial charge in [-0.25, -0.2) is 0 Å². The van der Waals surface area contributed by atoms with Gasteiger partial charge < -0.3 is 5.32 Å². The topological polar surface area (TPSA) is 29.9 Å². The minimum absolute atomic E-state index is 0.913. The van der Waals surface area contributed by atoms with Gasteiger partial charge in [0.15, 0.2) is 0 Å². The second kappa shape index (κ2) is 6.36. The van der Waals surface area contributed by atoms with Crippen LogP contribution in [0.1, 0.15) is 25.8 Å². The Hall–Kier alpha value is -1.61. The fourth-order valence-electron chi connectivity index (χ4n) is 2.03. The highest BCUT2D eigenvalue weighted by atomic mass is 15.3. The molecule has 0 spiro atoms. The predicted octanol–water partition coefficient (Wildman–Crippen LogP) is 3.07. The van der Waals surface area contributed by atoms with E-state index in [-0.39, 0.29) is 0 Å². The van der Waals surface area contributed by atoms with Gasteiger partial charge in [-0.05, 0) is 31.0 Å². The Labute approximate surface area is 109 Å². The zero-order chi connectivity index (χ0) is 12.8. The third kappa shape index (κ3) is 2.99. The molecule has 0 amide bonds. The Kier molecular flexibility index (Phi) is 4.53. The monoisotopic (exact) mass is 243 g/mol. The van der Waals surface area contributed by atoms with Gasteiger partial charge in [0.1, 0.15) is 0 Å². The molecule has 1 aromatic carbocycles. The van der Waals surface area contributed by atoms with E-state index in [4.69, 9.17) is 0 Å². The van der Waals surface area contributed by atoms with E-state index < -0.39 is 0 Å². The number of aromatic nitrogens is 2. The lowest BCUT2D eigenvalue weighted by molar-refractivity contribution is 0.660. The van der Waals surface area contributed by atoms with Crippen molar-refractivity contribution in [1.82, 2.24) is 15.1 Å². The molecule has 3 nitrogen and oxygen atoms in total. The second-order valence-electron chi connectivity index (χ2n) is 4.42. The van der Waals surface area contributed by atoms with Crippen LogP contribution in [0.5, 0.6) is 0 Å². The Bertz CT molecular complexity index is 488. The molecule has 2 aromatic rings. The van der Waals surface area contributed by atoms with Crippen LogP contribution in [0.3, 0.4) is 0 Å². The highest BCUT2D eigenvalue weighted by Gasteiger charge is 2.06. The number of rotatable bonds is 6. The van der Waals surface area contributed by atoms with Gasteiger partial charge in [0.25, 0.3) is 0 Å². The maximum Gasteiger partial charge on any atom is 0.0568 e. The van der Waals surface area contributed by atoms with E-state index in [1.807, 2.05) is 10.9 Å². The molecule has 0 saturated carbocycles. The summed E-state index contributed by atoms with van der Waals surface area (Å²) in [4.78, 5) is 0. The third-order valence-electron chi connectivity index (χ3n) is 3.03. The molecule has 1 N–H and O–H groups in total. The molecule has 1 heterocycles. The molecule has 18 heavy (non-hydrogen) atoms. The summed E-state index contributed by atoms with van der Waals surface area (Å²) in [5.74, 6) is 0. The van der Waals surface area contributed by atoms with Gasteiger partial charge in [-0.3, -0.25) is 4.68 Å². The number of hydrogen-bond acceptors (Lipinski definition) is 2. The lowest BCUT2D eigenvalue weighted by Crippen LogP contribution is -2.14. The highest BCUT2D eigenvalue weighted by molar-refractivity contribution is 5.65. The van der Waals surface area contributed by atoms with Gasteiger partial charge >= 0.3 is 0 Å². The van der Waals surface area contributed by atoms with Crippen LogP contribution in [0.4, 0.5) is 0 Å². The average Bonchev–Trinajstić information content (AvgIpc) is 2.88. The number of nitrogens with one attached hydrogen (secondary N) is 1. The fourth-order valence-corrected chi connectivity index (χ4v) is 2.03. The molecule has 2 rings (SSSR count). The van der Waals surface area contributed by atoms with E-state index in [1.54, 1.807) is 0 Å². The molecule has 0 fully saturated rings. The lowest BCUT2D eigenvalue weighted by atomic mass is 10.0. The SMILES string of the molecule is CCCNCc1ccccc1-c1cnn(CC)c1. The van der Waals surface area contributed by atoms with Crippen LogP contribution in [0.2, 0.25) is 0 Å². The molecule has 0 atom stereocenters. The predicted molar refractivity (Wildman–Crippen MR) is 75.3 cm³/mol. The third-order valence-corrected chi connectivity index (χ3v) is 3.03. The Balaban J connectivity index is 2.20. The number of benzene rings is 1. The van der Waals surface area contributed by atoms with Crippen LogP contribution >= 0.6 is 0 Å². The van der Waals surface area contributed by atoms with Gasteiger partial charge in [-0.15, -0.1) is 0 Å². The van der Waals surface area contributed by atoms with Crippen molar-refractivity contribution in [2.75, 3.05) is 6.54 Å². The standard InChI is InChI=1S/C15H21N3/c1-3-9-16-10-13-7-5-6-8-15(13)14-11-17-18(4-2)12-14/h5-8,11-12,16H,3-4,9-10H2,1-2H3. The van der Waals surface area contributed by atoms with Crippen LogP contribution in [0, 0.1) is 0 Å². The molecular formula is C15H21N3. The first kappa shape index (κ1) is 12.8. The lowest BCUT2D eigenvalue weighted by Gasteiger charge is -2.08.